The molecule has 0 bridgehead atoms. The van der Waals surface area contributed by atoms with E-state index >= 15 is 0 Å². The predicted octanol–water partition coefficient (Wildman–Crippen LogP) is 4.69. The topological polar surface area (TPSA) is 78.9 Å². The Hall–Kier alpha value is -3.31. The summed E-state index contributed by atoms with van der Waals surface area (Å²) in [6, 6.07) is 13.1. The maximum absolute atomic E-state index is 12.2. The summed E-state index contributed by atoms with van der Waals surface area (Å²) in [5.74, 6) is 0.0935. The minimum atomic E-state index is -0.853. The van der Waals surface area contributed by atoms with E-state index in [2.05, 4.69) is 15.0 Å². The van der Waals surface area contributed by atoms with Gasteiger partial charge in [-0.05, 0) is 30.2 Å². The van der Waals surface area contributed by atoms with Crippen LogP contribution in [-0.4, -0.2) is 25.8 Å². The fourth-order valence-corrected chi connectivity index (χ4v) is 3.37. The number of fused-ring (bicyclic) bond motifs is 1. The number of aliphatic hydroxyl groups is 1. The molecule has 0 aliphatic rings. The number of hydrogen-bond donors (Lipinski definition) is 2. The molecule has 4 aromatic rings. The van der Waals surface area contributed by atoms with Crippen LogP contribution in [-0.2, 0) is 0 Å². The van der Waals surface area contributed by atoms with Crippen molar-refractivity contribution >= 4 is 16.8 Å². The van der Waals surface area contributed by atoms with Gasteiger partial charge in [0.15, 0.2) is 5.78 Å². The fraction of sp³-hybridized carbons (Fsp3) is 0.174. The molecule has 1 atom stereocenters. The van der Waals surface area contributed by atoms with Gasteiger partial charge in [0.1, 0.15) is 11.8 Å². The first-order valence-electron chi connectivity index (χ1n) is 9.36. The van der Waals surface area contributed by atoms with Crippen LogP contribution in [0, 0.1) is 0 Å². The number of rotatable bonds is 6. The number of nitrogens with one attached hydrogen (secondary N) is 1. The third kappa shape index (κ3) is 3.44. The second-order valence-electron chi connectivity index (χ2n) is 6.81. The van der Waals surface area contributed by atoms with Crippen LogP contribution in [0.3, 0.4) is 0 Å². The number of aromatic nitrogens is 3. The number of ketones is 1. The first kappa shape index (κ1) is 18.1. The maximum Gasteiger partial charge on any atom is 0.162 e. The molecular weight excluding hydrogens is 350 g/mol. The van der Waals surface area contributed by atoms with Crippen LogP contribution in [0.4, 0.5) is 0 Å². The normalized spacial score (nSPS) is 12.2. The smallest absolute Gasteiger partial charge is 0.162 e. The number of aromatic amines is 1. The Morgan fingerprint density at radius 2 is 2.04 bits per heavy atom. The van der Waals surface area contributed by atoms with Crippen LogP contribution in [0.15, 0.2) is 67.3 Å². The van der Waals surface area contributed by atoms with Gasteiger partial charge in [-0.3, -0.25) is 9.78 Å². The van der Waals surface area contributed by atoms with Gasteiger partial charge in [0, 0.05) is 58.8 Å². The van der Waals surface area contributed by atoms with E-state index < -0.39 is 6.10 Å². The van der Waals surface area contributed by atoms with Crippen molar-refractivity contribution in [3.63, 3.8) is 0 Å². The van der Waals surface area contributed by atoms with Crippen molar-refractivity contribution in [1.82, 2.24) is 15.0 Å². The number of Topliss-reactive ketones (excluding diaryl/α,β-unsaturated/α-hetero) is 1. The molecule has 0 saturated carbocycles. The highest BCUT2D eigenvalue weighted by Crippen LogP contribution is 2.31. The van der Waals surface area contributed by atoms with Crippen LogP contribution in [0.1, 0.15) is 47.4 Å². The summed E-state index contributed by atoms with van der Waals surface area (Å²) < 4.78 is 0. The van der Waals surface area contributed by atoms with Crippen LogP contribution < -0.4 is 0 Å². The van der Waals surface area contributed by atoms with Crippen LogP contribution >= 0.6 is 0 Å². The van der Waals surface area contributed by atoms with Crippen molar-refractivity contribution in [3.8, 4) is 11.1 Å². The molecule has 0 amide bonds. The van der Waals surface area contributed by atoms with Crippen LogP contribution in [0.25, 0.3) is 22.2 Å². The Kier molecular flexibility index (Phi) is 5.00. The molecule has 0 saturated heterocycles. The lowest BCUT2D eigenvalue weighted by molar-refractivity contribution is 0.0981. The zero-order valence-electron chi connectivity index (χ0n) is 15.6. The van der Waals surface area contributed by atoms with Crippen LogP contribution in [0.5, 0.6) is 0 Å². The molecule has 0 spiro atoms. The van der Waals surface area contributed by atoms with E-state index in [4.69, 9.17) is 0 Å². The van der Waals surface area contributed by atoms with Crippen molar-refractivity contribution in [2.24, 2.45) is 0 Å². The molecule has 0 aliphatic carbocycles. The third-order valence-electron chi connectivity index (χ3n) is 4.85. The summed E-state index contributed by atoms with van der Waals surface area (Å²) in [5.41, 5.74) is 4.65. The minimum Gasteiger partial charge on any atom is -0.384 e. The third-order valence-corrected chi connectivity index (χ3v) is 4.85. The molecule has 5 nitrogen and oxygen atoms in total. The Balaban J connectivity index is 1.73. The van der Waals surface area contributed by atoms with Crippen molar-refractivity contribution in [2.45, 2.75) is 25.9 Å². The van der Waals surface area contributed by atoms with Crippen molar-refractivity contribution in [3.05, 3.63) is 83.9 Å². The van der Waals surface area contributed by atoms with E-state index in [1.807, 2.05) is 37.3 Å². The Morgan fingerprint density at radius 3 is 2.82 bits per heavy atom. The molecule has 2 N–H and O–H groups in total. The van der Waals surface area contributed by atoms with Crippen molar-refractivity contribution in [2.75, 3.05) is 0 Å². The SMILES string of the molecule is CCCC(=O)c1cccc(C(O)c2c[nH]c3ncc(-c4cccnc4)cc23)c1. The van der Waals surface area contributed by atoms with Gasteiger partial charge in [-0.2, -0.15) is 0 Å². The second kappa shape index (κ2) is 7.74. The number of benzene rings is 1. The van der Waals surface area contributed by atoms with E-state index in [1.54, 1.807) is 36.9 Å². The molecule has 0 aliphatic heterocycles. The summed E-state index contributed by atoms with van der Waals surface area (Å²) in [6.07, 6.45) is 7.53. The number of hydrogen-bond acceptors (Lipinski definition) is 4. The Bertz CT molecular complexity index is 1120. The molecule has 3 aromatic heterocycles. The van der Waals surface area contributed by atoms with Gasteiger partial charge in [-0.15, -0.1) is 0 Å². The van der Waals surface area contributed by atoms with Gasteiger partial charge in [0.2, 0.25) is 0 Å². The van der Waals surface area contributed by atoms with Gasteiger partial charge in [-0.25, -0.2) is 4.98 Å². The van der Waals surface area contributed by atoms with E-state index in [0.29, 0.717) is 23.2 Å². The summed E-state index contributed by atoms with van der Waals surface area (Å²) in [7, 11) is 0. The van der Waals surface area contributed by atoms with Gasteiger partial charge < -0.3 is 10.1 Å². The molecule has 140 valence electrons. The quantitative estimate of drug-likeness (QED) is 0.482. The van der Waals surface area contributed by atoms with Crippen molar-refractivity contribution in [1.29, 1.82) is 0 Å². The van der Waals surface area contributed by atoms with E-state index in [9.17, 15) is 9.90 Å². The number of nitrogens with zero attached hydrogens (tertiary/aromatic N) is 2. The molecule has 28 heavy (non-hydrogen) atoms. The van der Waals surface area contributed by atoms with Gasteiger partial charge in [0.25, 0.3) is 0 Å². The largest absolute Gasteiger partial charge is 0.384 e. The van der Waals surface area contributed by atoms with E-state index in [1.165, 1.54) is 0 Å². The number of carbonyl (C=O) groups is 1. The zero-order valence-corrected chi connectivity index (χ0v) is 15.6. The molecule has 5 heteroatoms. The first-order chi connectivity index (χ1) is 13.7. The number of pyridine rings is 2. The maximum atomic E-state index is 12.2. The molecule has 1 unspecified atom stereocenters. The van der Waals surface area contributed by atoms with Gasteiger partial charge in [-0.1, -0.05) is 31.2 Å². The fourth-order valence-electron chi connectivity index (χ4n) is 3.37. The number of carbonyl (C=O) groups excluding carboxylic acids is 1. The average Bonchev–Trinajstić information content (AvgIpc) is 3.17. The second-order valence-corrected chi connectivity index (χ2v) is 6.81. The average molecular weight is 371 g/mol. The van der Waals surface area contributed by atoms with E-state index in [0.717, 1.165) is 28.5 Å². The molecule has 4 rings (SSSR count). The zero-order chi connectivity index (χ0) is 19.5. The lowest BCUT2D eigenvalue weighted by atomic mass is 9.97. The van der Waals surface area contributed by atoms with E-state index in [-0.39, 0.29) is 5.78 Å². The summed E-state index contributed by atoms with van der Waals surface area (Å²) in [6.45, 7) is 1.98. The molecule has 0 radical (unpaired) electrons. The Morgan fingerprint density at radius 1 is 1.14 bits per heavy atom. The Labute approximate surface area is 163 Å². The van der Waals surface area contributed by atoms with Gasteiger partial charge >= 0.3 is 0 Å². The predicted molar refractivity (Wildman–Crippen MR) is 109 cm³/mol. The first-order valence-corrected chi connectivity index (χ1v) is 9.36. The molecular formula is C23H21N3O2. The highest BCUT2D eigenvalue weighted by atomic mass is 16.3. The summed E-state index contributed by atoms with van der Waals surface area (Å²) in [4.78, 5) is 24.0. The highest BCUT2D eigenvalue weighted by Gasteiger charge is 2.18. The monoisotopic (exact) mass is 371 g/mol. The standard InChI is InChI=1S/C23H21N3O2/c1-2-5-21(27)15-6-3-7-16(10-15)22(28)20-14-26-23-19(20)11-18(13-25-23)17-8-4-9-24-12-17/h3-4,6-14,22,28H,2,5H2,1H3,(H,25,26). The lowest BCUT2D eigenvalue weighted by Crippen LogP contribution is -2.03. The molecule has 1 aromatic carbocycles. The molecule has 3 heterocycles. The number of aliphatic hydroxyl groups excluding tert-OH is 1. The van der Waals surface area contributed by atoms with Gasteiger partial charge in [0.05, 0.1) is 0 Å². The van der Waals surface area contributed by atoms with Crippen LogP contribution in [0.2, 0.25) is 0 Å². The summed E-state index contributed by atoms with van der Waals surface area (Å²) >= 11 is 0. The minimum absolute atomic E-state index is 0.0935. The lowest BCUT2D eigenvalue weighted by Gasteiger charge is -2.12. The molecule has 0 fully saturated rings. The summed E-state index contributed by atoms with van der Waals surface area (Å²) in [5, 5.41) is 11.9. The number of H-pyrrole nitrogens is 1. The van der Waals surface area contributed by atoms with Crippen molar-refractivity contribution < 1.29 is 9.90 Å². The highest BCUT2D eigenvalue weighted by molar-refractivity contribution is 5.96.